The van der Waals surface area contributed by atoms with Crippen molar-refractivity contribution in [2.75, 3.05) is 26.2 Å². The lowest BCUT2D eigenvalue weighted by Crippen LogP contribution is -2.28. The Kier molecular flexibility index (Phi) is 7.65. The summed E-state index contributed by atoms with van der Waals surface area (Å²) in [6.07, 6.45) is 0.553. The maximum Gasteiger partial charge on any atom is 0.323 e. The van der Waals surface area contributed by atoms with Gasteiger partial charge in [-0.15, -0.1) is 0 Å². The standard InChI is InChI=1S/C11H20N2O2/c1-4-13(5-2)8-7-10(9-12)11(14)15-6-3/h10H,4-8H2,1-3H3. The summed E-state index contributed by atoms with van der Waals surface area (Å²) in [6, 6.07) is 1.99. The first-order valence-electron chi connectivity index (χ1n) is 5.48. The number of carbonyl (C=O) groups excluding carboxylic acids is 1. The number of nitrogens with zero attached hydrogens (tertiary/aromatic N) is 2. The van der Waals surface area contributed by atoms with Crippen LogP contribution in [0.15, 0.2) is 0 Å². The topological polar surface area (TPSA) is 53.3 Å². The van der Waals surface area contributed by atoms with E-state index in [1.807, 2.05) is 6.07 Å². The highest BCUT2D eigenvalue weighted by Crippen LogP contribution is 2.06. The molecule has 0 radical (unpaired) electrons. The molecule has 15 heavy (non-hydrogen) atoms. The van der Waals surface area contributed by atoms with E-state index >= 15 is 0 Å². The number of carbonyl (C=O) groups is 1. The third kappa shape index (κ3) is 5.38. The minimum atomic E-state index is -0.620. The van der Waals surface area contributed by atoms with Crippen LogP contribution in [0.2, 0.25) is 0 Å². The summed E-state index contributed by atoms with van der Waals surface area (Å²) < 4.78 is 4.81. The van der Waals surface area contributed by atoms with E-state index in [2.05, 4.69) is 18.7 Å². The molecule has 0 saturated heterocycles. The van der Waals surface area contributed by atoms with Gasteiger partial charge in [0, 0.05) is 0 Å². The minimum Gasteiger partial charge on any atom is -0.465 e. The third-order valence-corrected chi connectivity index (χ3v) is 2.36. The highest BCUT2D eigenvalue weighted by atomic mass is 16.5. The fourth-order valence-electron chi connectivity index (χ4n) is 1.33. The molecule has 0 rings (SSSR count). The number of hydrogen-bond donors (Lipinski definition) is 0. The molecule has 86 valence electrons. The molecule has 0 bridgehead atoms. The first kappa shape index (κ1) is 13.9. The molecule has 0 amide bonds. The van der Waals surface area contributed by atoms with E-state index < -0.39 is 11.9 Å². The lowest BCUT2D eigenvalue weighted by atomic mass is 10.1. The van der Waals surface area contributed by atoms with Crippen LogP contribution in [-0.4, -0.2) is 37.1 Å². The van der Waals surface area contributed by atoms with Crippen LogP contribution in [0.25, 0.3) is 0 Å². The molecule has 0 N–H and O–H groups in total. The minimum absolute atomic E-state index is 0.336. The summed E-state index contributed by atoms with van der Waals surface area (Å²) >= 11 is 0. The lowest BCUT2D eigenvalue weighted by Gasteiger charge is -2.18. The largest absolute Gasteiger partial charge is 0.465 e. The first-order valence-corrected chi connectivity index (χ1v) is 5.48. The van der Waals surface area contributed by atoms with Crippen LogP contribution in [-0.2, 0) is 9.53 Å². The molecule has 4 nitrogen and oxygen atoms in total. The second kappa shape index (κ2) is 8.25. The molecule has 4 heteroatoms. The lowest BCUT2D eigenvalue weighted by molar-refractivity contribution is -0.146. The van der Waals surface area contributed by atoms with Crippen LogP contribution < -0.4 is 0 Å². The molecule has 0 fully saturated rings. The molecular formula is C11H20N2O2. The first-order chi connectivity index (χ1) is 7.19. The predicted molar refractivity (Wildman–Crippen MR) is 58.1 cm³/mol. The van der Waals surface area contributed by atoms with E-state index in [0.29, 0.717) is 13.0 Å². The van der Waals surface area contributed by atoms with E-state index in [-0.39, 0.29) is 0 Å². The van der Waals surface area contributed by atoms with Gasteiger partial charge in [-0.05, 0) is 33.0 Å². The second-order valence-corrected chi connectivity index (χ2v) is 3.25. The van der Waals surface area contributed by atoms with Crippen molar-refractivity contribution in [3.05, 3.63) is 0 Å². The van der Waals surface area contributed by atoms with Gasteiger partial charge in [-0.25, -0.2) is 0 Å². The van der Waals surface area contributed by atoms with Gasteiger partial charge >= 0.3 is 5.97 Å². The molecule has 1 unspecified atom stereocenters. The summed E-state index contributed by atoms with van der Waals surface area (Å²) in [6.45, 7) is 8.86. The van der Waals surface area contributed by atoms with Crippen molar-refractivity contribution in [1.82, 2.24) is 4.90 Å². The normalized spacial score (nSPS) is 12.2. The molecule has 0 spiro atoms. The second-order valence-electron chi connectivity index (χ2n) is 3.25. The fourth-order valence-corrected chi connectivity index (χ4v) is 1.33. The maximum absolute atomic E-state index is 11.3. The Morgan fingerprint density at radius 1 is 1.40 bits per heavy atom. The van der Waals surface area contributed by atoms with Crippen molar-refractivity contribution in [2.45, 2.75) is 27.2 Å². The van der Waals surface area contributed by atoms with E-state index in [0.717, 1.165) is 19.6 Å². The van der Waals surface area contributed by atoms with Gasteiger partial charge in [0.05, 0.1) is 12.7 Å². The smallest absolute Gasteiger partial charge is 0.323 e. The van der Waals surface area contributed by atoms with Crippen molar-refractivity contribution in [3.8, 4) is 6.07 Å². The Morgan fingerprint density at radius 2 is 2.00 bits per heavy atom. The quantitative estimate of drug-likeness (QED) is 0.599. The summed E-state index contributed by atoms with van der Waals surface area (Å²) in [5.74, 6) is -1.02. The summed E-state index contributed by atoms with van der Waals surface area (Å²) in [7, 11) is 0. The number of ether oxygens (including phenoxy) is 1. The van der Waals surface area contributed by atoms with E-state index in [9.17, 15) is 4.79 Å². The molecule has 1 atom stereocenters. The van der Waals surface area contributed by atoms with E-state index in [1.165, 1.54) is 0 Å². The van der Waals surface area contributed by atoms with Crippen LogP contribution in [0.3, 0.4) is 0 Å². The Balaban J connectivity index is 4.00. The van der Waals surface area contributed by atoms with Crippen molar-refractivity contribution in [3.63, 3.8) is 0 Å². The highest BCUT2D eigenvalue weighted by molar-refractivity contribution is 5.75. The highest BCUT2D eigenvalue weighted by Gasteiger charge is 2.19. The van der Waals surface area contributed by atoms with Crippen molar-refractivity contribution in [2.24, 2.45) is 5.92 Å². The zero-order valence-electron chi connectivity index (χ0n) is 9.82. The number of hydrogen-bond acceptors (Lipinski definition) is 4. The zero-order valence-corrected chi connectivity index (χ0v) is 9.82. The summed E-state index contributed by atoms with van der Waals surface area (Å²) in [5.41, 5.74) is 0. The van der Waals surface area contributed by atoms with Gasteiger partial charge in [0.25, 0.3) is 0 Å². The molecule has 0 saturated carbocycles. The van der Waals surface area contributed by atoms with E-state index in [4.69, 9.17) is 10.00 Å². The molecular weight excluding hydrogens is 192 g/mol. The Hall–Kier alpha value is -1.08. The monoisotopic (exact) mass is 212 g/mol. The Bertz CT molecular complexity index is 219. The van der Waals surface area contributed by atoms with Crippen molar-refractivity contribution >= 4 is 5.97 Å². The van der Waals surface area contributed by atoms with Gasteiger partial charge in [0.1, 0.15) is 5.92 Å². The maximum atomic E-state index is 11.3. The summed E-state index contributed by atoms with van der Waals surface area (Å²) in [5, 5.41) is 8.81. The molecule has 0 aromatic carbocycles. The average Bonchev–Trinajstić information content (AvgIpc) is 2.25. The zero-order chi connectivity index (χ0) is 11.7. The van der Waals surface area contributed by atoms with Gasteiger partial charge in [-0.3, -0.25) is 4.79 Å². The molecule has 0 aliphatic heterocycles. The fraction of sp³-hybridized carbons (Fsp3) is 0.818. The molecule has 0 aromatic heterocycles. The van der Waals surface area contributed by atoms with Gasteiger partial charge in [-0.1, -0.05) is 13.8 Å². The van der Waals surface area contributed by atoms with Gasteiger partial charge < -0.3 is 9.64 Å². The van der Waals surface area contributed by atoms with Crippen molar-refractivity contribution < 1.29 is 9.53 Å². The van der Waals surface area contributed by atoms with Gasteiger partial charge in [0.15, 0.2) is 0 Å². The van der Waals surface area contributed by atoms with Crippen LogP contribution in [0.1, 0.15) is 27.2 Å². The predicted octanol–water partition coefficient (Wildman–Crippen LogP) is 1.42. The number of nitriles is 1. The van der Waals surface area contributed by atoms with Crippen LogP contribution in [0.4, 0.5) is 0 Å². The van der Waals surface area contributed by atoms with Gasteiger partial charge in [-0.2, -0.15) is 5.26 Å². The molecule has 0 heterocycles. The van der Waals surface area contributed by atoms with Crippen LogP contribution in [0.5, 0.6) is 0 Å². The average molecular weight is 212 g/mol. The Labute approximate surface area is 91.8 Å². The van der Waals surface area contributed by atoms with Crippen LogP contribution in [0, 0.1) is 17.2 Å². The van der Waals surface area contributed by atoms with Crippen LogP contribution >= 0.6 is 0 Å². The van der Waals surface area contributed by atoms with E-state index in [1.54, 1.807) is 6.92 Å². The number of rotatable bonds is 7. The summed E-state index contributed by atoms with van der Waals surface area (Å²) in [4.78, 5) is 13.5. The SMILES string of the molecule is CCOC(=O)C(C#N)CCN(CC)CC. The molecule has 0 aliphatic carbocycles. The third-order valence-electron chi connectivity index (χ3n) is 2.36. The molecule has 0 aromatic rings. The Morgan fingerprint density at radius 3 is 2.40 bits per heavy atom. The molecule has 0 aliphatic rings. The van der Waals surface area contributed by atoms with Gasteiger partial charge in [0.2, 0.25) is 0 Å². The van der Waals surface area contributed by atoms with Crippen molar-refractivity contribution in [1.29, 1.82) is 5.26 Å². The number of esters is 1.